The normalized spacial score (nSPS) is 0.316. The van der Waals surface area contributed by atoms with Crippen molar-refractivity contribution in [2.45, 2.75) is 6.92 Å². The average molecular weight is 2990 g/mol. The van der Waals surface area contributed by atoms with Gasteiger partial charge >= 0.3 is 21.1 Å². The molecule has 0 radical (unpaired) electrons. The smallest absolute Gasteiger partial charge is 0.358 e. The van der Waals surface area contributed by atoms with E-state index in [9.17, 15) is 0 Å². The van der Waals surface area contributed by atoms with E-state index in [-0.39, 0.29) is 344 Å². The van der Waals surface area contributed by atoms with Gasteiger partial charge in [-0.1, -0.05) is 0 Å². The molecule has 16 heteroatoms. The van der Waals surface area contributed by atoms with E-state index in [0.29, 0.717) is 0 Å². The maximum absolute atomic E-state index is 3.25. The minimum atomic E-state index is 0. The van der Waals surface area contributed by atoms with Crippen molar-refractivity contribution in [3.63, 3.8) is 0 Å². The third-order valence-corrected chi connectivity index (χ3v) is 0. The molecule has 0 spiro atoms. The molecule has 0 fully saturated rings. The van der Waals surface area contributed by atoms with E-state index in [1.54, 1.807) is 6.92 Å². The first-order chi connectivity index (χ1) is 1.00. The standard InChI is InChI=1S/C2H5.CH3.16W/c1-2;;;;;;;;;;;;;;;;;/h1H2,2H3;1H3;;;;;;;;;;;;;;;;/q2*-1;;;;;;;;;;;;;;;;+2. The van der Waals surface area contributed by atoms with E-state index in [4.69, 9.17) is 0 Å². The van der Waals surface area contributed by atoms with Crippen molar-refractivity contribution in [2.24, 2.45) is 0 Å². The van der Waals surface area contributed by atoms with Gasteiger partial charge in [0.15, 0.2) is 0 Å². The van der Waals surface area contributed by atoms with E-state index in [1.165, 1.54) is 0 Å². The Labute approximate surface area is 349 Å². The molecule has 0 aromatic carbocycles. The van der Waals surface area contributed by atoms with Crippen LogP contribution in [-0.2, 0) is 337 Å². The molecule has 0 aromatic rings. The van der Waals surface area contributed by atoms with Crippen LogP contribution in [0.25, 0.3) is 0 Å². The summed E-state index contributed by atoms with van der Waals surface area (Å²) in [7, 11) is 0. The van der Waals surface area contributed by atoms with Gasteiger partial charge in [0, 0.05) is 316 Å². The molecule has 0 aliphatic rings. The first-order valence-electron chi connectivity index (χ1n) is 0.707. The predicted molar refractivity (Wildman–Crippen MR) is 17.4 cm³/mol. The molecule has 0 rings (SSSR count). The van der Waals surface area contributed by atoms with Crippen molar-refractivity contribution in [1.29, 1.82) is 0 Å². The fraction of sp³-hybridized carbons (Fsp3) is 0.333. The molecule has 0 aliphatic heterocycles. The van der Waals surface area contributed by atoms with E-state index in [0.717, 1.165) is 0 Å². The second kappa shape index (κ2) is 188. The summed E-state index contributed by atoms with van der Waals surface area (Å²) in [6.45, 7) is 5.00. The summed E-state index contributed by atoms with van der Waals surface area (Å²) in [5.74, 6) is 0. The Kier molecular flexibility index (Phi) is 1730. The average Bonchev–Trinajstić information content (AvgIpc) is 1.00. The van der Waals surface area contributed by atoms with E-state index in [2.05, 4.69) is 6.92 Å². The Morgan fingerprint density at radius 2 is 0.316 bits per heavy atom. The molecule has 0 bridgehead atoms. The monoisotopic (exact) mass is 2990 g/mol. The second-order valence-electron chi connectivity index (χ2n) is 0. The first kappa shape index (κ1) is 175. The van der Waals surface area contributed by atoms with Gasteiger partial charge in [-0.3, -0.25) is 0 Å². The zero-order chi connectivity index (χ0) is 2.00. The largest absolute Gasteiger partial charge is 2.00 e. The number of rotatable bonds is 0. The maximum Gasteiger partial charge on any atom is 2.00 e. The van der Waals surface area contributed by atoms with Crippen LogP contribution in [0.3, 0.4) is 0 Å². The quantitative estimate of drug-likeness (QED) is 0.321. The van der Waals surface area contributed by atoms with Crippen LogP contribution >= 0.6 is 0 Å². The van der Waals surface area contributed by atoms with Crippen molar-refractivity contribution in [3.05, 3.63) is 14.4 Å². The summed E-state index contributed by atoms with van der Waals surface area (Å²) in [5, 5.41) is 0. The van der Waals surface area contributed by atoms with Crippen LogP contribution in [-0.4, -0.2) is 0 Å². The minimum absolute atomic E-state index is 0. The summed E-state index contributed by atoms with van der Waals surface area (Å²) in [6.07, 6.45) is 0. The van der Waals surface area contributed by atoms with Crippen molar-refractivity contribution < 1.29 is 337 Å². The van der Waals surface area contributed by atoms with E-state index >= 15 is 0 Å². The van der Waals surface area contributed by atoms with Crippen molar-refractivity contribution in [1.82, 2.24) is 0 Å². The van der Waals surface area contributed by atoms with Gasteiger partial charge in [0.05, 0.1) is 0 Å². The Balaban J connectivity index is -0.0000000000368. The summed E-state index contributed by atoms with van der Waals surface area (Å²) >= 11 is 0. The molecule has 0 saturated carbocycles. The summed E-state index contributed by atoms with van der Waals surface area (Å²) in [5.41, 5.74) is 0. The molecule has 0 unspecified atom stereocenters. The summed E-state index contributed by atoms with van der Waals surface area (Å²) in [6, 6.07) is 0. The van der Waals surface area contributed by atoms with Gasteiger partial charge in [0.1, 0.15) is 0 Å². The van der Waals surface area contributed by atoms with Crippen molar-refractivity contribution in [2.75, 3.05) is 0 Å². The van der Waals surface area contributed by atoms with Crippen LogP contribution in [0.4, 0.5) is 0 Å². The van der Waals surface area contributed by atoms with Gasteiger partial charge < -0.3 is 14.4 Å². The second-order valence-corrected chi connectivity index (χ2v) is 0. The van der Waals surface area contributed by atoms with Gasteiger partial charge in [-0.05, 0) is 0 Å². The molecule has 0 nitrogen and oxygen atoms in total. The van der Waals surface area contributed by atoms with Gasteiger partial charge in [0.25, 0.3) is 0 Å². The van der Waals surface area contributed by atoms with Gasteiger partial charge in [-0.25, -0.2) is 0 Å². The first-order valence-corrected chi connectivity index (χ1v) is 0.707. The van der Waals surface area contributed by atoms with Crippen LogP contribution in [0.1, 0.15) is 6.92 Å². The molecule has 0 aliphatic carbocycles. The molecule has 0 N–H and O–H groups in total. The van der Waals surface area contributed by atoms with Crippen molar-refractivity contribution >= 4 is 0 Å². The molecular formula is C3H8W16. The molecule has 0 saturated heterocycles. The summed E-state index contributed by atoms with van der Waals surface area (Å²) in [4.78, 5) is 0. The molecule has 0 amide bonds. The van der Waals surface area contributed by atoms with Crippen LogP contribution in [0.5, 0.6) is 0 Å². The van der Waals surface area contributed by atoms with E-state index in [1.807, 2.05) is 0 Å². The Bertz CT molecular complexity index is 12.0. The van der Waals surface area contributed by atoms with Crippen LogP contribution < -0.4 is 0 Å². The molecule has 19 heavy (non-hydrogen) atoms. The minimum Gasteiger partial charge on any atom is -0.358 e. The third kappa shape index (κ3) is 175. The molecular weight excluding hydrogens is 2980 g/mol. The molecule has 0 aromatic heterocycles. The van der Waals surface area contributed by atoms with Gasteiger partial charge in [-0.2, -0.15) is 6.92 Å². The number of hydrogen-bond acceptors (Lipinski definition) is 0. The fourth-order valence-corrected chi connectivity index (χ4v) is 0. The van der Waals surface area contributed by atoms with Gasteiger partial charge in [0.2, 0.25) is 0 Å². The fourth-order valence-electron chi connectivity index (χ4n) is 0. The maximum atomic E-state index is 3.25. The SMILES string of the molecule is [CH2-]C.[CH3-].[W+2].[W].[W].[W].[W].[W].[W].[W].[W].[W].[W].[W].[W].[W].[W].[W]. The van der Waals surface area contributed by atoms with E-state index < -0.39 is 0 Å². The zero-order valence-electron chi connectivity index (χ0n) is 9.24. The topological polar surface area (TPSA) is 0 Å². The third-order valence-electron chi connectivity index (χ3n) is 0. The Morgan fingerprint density at radius 3 is 0.316 bits per heavy atom. The molecule has 0 atom stereocenters. The summed E-state index contributed by atoms with van der Waals surface area (Å²) < 4.78 is 0. The molecule has 0 heterocycles. The zero-order valence-corrected chi connectivity index (χ0v) is 56.2. The van der Waals surface area contributed by atoms with Crippen molar-refractivity contribution in [3.8, 4) is 0 Å². The molecule has 116 valence electrons. The van der Waals surface area contributed by atoms with Crippen LogP contribution in [0, 0.1) is 14.4 Å². The predicted octanol–water partition coefficient (Wildman–Crippen LogP) is 1.25. The van der Waals surface area contributed by atoms with Gasteiger partial charge in [-0.15, -0.1) is 0 Å². The van der Waals surface area contributed by atoms with Crippen LogP contribution in [0.2, 0.25) is 0 Å². The number of hydrogen-bond donors (Lipinski definition) is 0. The Morgan fingerprint density at radius 1 is 0.316 bits per heavy atom. The van der Waals surface area contributed by atoms with Crippen LogP contribution in [0.15, 0.2) is 0 Å². The Hall–Kier alpha value is 11.0.